The van der Waals surface area contributed by atoms with Gasteiger partial charge in [-0.3, -0.25) is 4.79 Å². The lowest BCUT2D eigenvalue weighted by molar-refractivity contribution is 0.0962. The van der Waals surface area contributed by atoms with Gasteiger partial charge in [0, 0.05) is 23.7 Å². The van der Waals surface area contributed by atoms with Crippen molar-refractivity contribution in [2.45, 2.75) is 6.92 Å². The molecule has 0 saturated carbocycles. The number of amides is 1. The first-order chi connectivity index (χ1) is 9.02. The van der Waals surface area contributed by atoms with Crippen LogP contribution < -0.4 is 5.32 Å². The molecule has 0 saturated heterocycles. The predicted octanol–water partition coefficient (Wildman–Crippen LogP) is 3.30. The molecule has 0 aromatic heterocycles. The summed E-state index contributed by atoms with van der Waals surface area (Å²) in [5.41, 5.74) is 1.30. The van der Waals surface area contributed by atoms with Crippen LogP contribution in [0.25, 0.3) is 11.1 Å². The van der Waals surface area contributed by atoms with E-state index in [2.05, 4.69) is 5.32 Å². The first kappa shape index (κ1) is 13.2. The summed E-state index contributed by atoms with van der Waals surface area (Å²) in [7, 11) is 1.47. The van der Waals surface area contributed by atoms with Crippen molar-refractivity contribution in [2.24, 2.45) is 0 Å². The first-order valence-corrected chi connectivity index (χ1v) is 5.81. The highest BCUT2D eigenvalue weighted by Gasteiger charge is 2.12. The molecule has 0 bridgehead atoms. The normalized spacial score (nSPS) is 10.3. The van der Waals surface area contributed by atoms with Crippen LogP contribution in [0.2, 0.25) is 0 Å². The van der Waals surface area contributed by atoms with E-state index in [0.29, 0.717) is 0 Å². The van der Waals surface area contributed by atoms with E-state index in [-0.39, 0.29) is 22.6 Å². The van der Waals surface area contributed by atoms with Gasteiger partial charge in [-0.15, -0.1) is 0 Å². The Kier molecular flexibility index (Phi) is 3.60. The second kappa shape index (κ2) is 5.18. The molecule has 4 heteroatoms. The fraction of sp³-hybridized carbons (Fsp3) is 0.133. The third-order valence-corrected chi connectivity index (χ3v) is 2.87. The van der Waals surface area contributed by atoms with E-state index in [9.17, 15) is 13.6 Å². The summed E-state index contributed by atoms with van der Waals surface area (Å²) in [6.45, 7) is 1.76. The van der Waals surface area contributed by atoms with Crippen molar-refractivity contribution in [3.8, 4) is 11.1 Å². The van der Waals surface area contributed by atoms with Gasteiger partial charge in [-0.05, 0) is 30.7 Å². The van der Waals surface area contributed by atoms with Crippen LogP contribution in [0.3, 0.4) is 0 Å². The molecule has 0 aliphatic carbocycles. The van der Waals surface area contributed by atoms with Crippen molar-refractivity contribution >= 4 is 5.91 Å². The monoisotopic (exact) mass is 261 g/mol. The van der Waals surface area contributed by atoms with Gasteiger partial charge in [-0.2, -0.15) is 0 Å². The number of hydrogen-bond donors (Lipinski definition) is 1. The third-order valence-electron chi connectivity index (χ3n) is 2.87. The Labute approximate surface area is 110 Å². The molecule has 0 fully saturated rings. The summed E-state index contributed by atoms with van der Waals surface area (Å²) < 4.78 is 27.8. The van der Waals surface area contributed by atoms with E-state index in [1.807, 2.05) is 0 Å². The summed E-state index contributed by atoms with van der Waals surface area (Å²) in [5, 5.41) is 2.41. The molecule has 2 aromatic carbocycles. The zero-order valence-corrected chi connectivity index (χ0v) is 10.6. The number of aryl methyl sites for hydroxylation is 1. The van der Waals surface area contributed by atoms with Crippen LogP contribution in [0, 0.1) is 18.6 Å². The molecule has 0 radical (unpaired) electrons. The lowest BCUT2D eigenvalue weighted by atomic mass is 10.0. The highest BCUT2D eigenvalue weighted by molar-refractivity contribution is 5.94. The predicted molar refractivity (Wildman–Crippen MR) is 69.9 cm³/mol. The van der Waals surface area contributed by atoms with Gasteiger partial charge < -0.3 is 5.32 Å². The molecule has 0 spiro atoms. The van der Waals surface area contributed by atoms with Crippen LogP contribution >= 0.6 is 0 Å². The zero-order valence-electron chi connectivity index (χ0n) is 10.6. The summed E-state index contributed by atoms with van der Waals surface area (Å²) in [6.07, 6.45) is 0. The van der Waals surface area contributed by atoms with Crippen molar-refractivity contribution in [2.75, 3.05) is 7.05 Å². The highest BCUT2D eigenvalue weighted by atomic mass is 19.1. The number of nitrogens with one attached hydrogen (secondary N) is 1. The Hall–Kier alpha value is -2.23. The van der Waals surface area contributed by atoms with Gasteiger partial charge in [0.05, 0.1) is 0 Å². The second-order valence-electron chi connectivity index (χ2n) is 4.26. The van der Waals surface area contributed by atoms with Crippen molar-refractivity contribution in [3.63, 3.8) is 0 Å². The molecular weight excluding hydrogens is 248 g/mol. The Bertz CT molecular complexity index is 638. The first-order valence-electron chi connectivity index (χ1n) is 5.81. The fourth-order valence-electron chi connectivity index (χ4n) is 1.86. The van der Waals surface area contributed by atoms with Gasteiger partial charge in [-0.1, -0.05) is 18.2 Å². The molecule has 2 nitrogen and oxygen atoms in total. The maximum absolute atomic E-state index is 14.0. The minimum absolute atomic E-state index is 0.144. The second-order valence-corrected chi connectivity index (χ2v) is 4.26. The Morgan fingerprint density at radius 3 is 2.11 bits per heavy atom. The molecule has 0 aliphatic heterocycles. The van der Waals surface area contributed by atoms with Crippen molar-refractivity contribution in [1.29, 1.82) is 0 Å². The number of carbonyl (C=O) groups excluding carboxylic acids is 1. The number of rotatable bonds is 2. The van der Waals surface area contributed by atoms with E-state index in [1.165, 1.54) is 31.3 Å². The number of hydrogen-bond acceptors (Lipinski definition) is 1. The topological polar surface area (TPSA) is 29.1 Å². The fourth-order valence-corrected chi connectivity index (χ4v) is 1.86. The van der Waals surface area contributed by atoms with Crippen LogP contribution in [-0.4, -0.2) is 13.0 Å². The van der Waals surface area contributed by atoms with Gasteiger partial charge in [0.2, 0.25) is 0 Å². The molecule has 0 atom stereocenters. The summed E-state index contributed by atoms with van der Waals surface area (Å²) >= 11 is 0. The van der Waals surface area contributed by atoms with Gasteiger partial charge in [0.15, 0.2) is 0 Å². The lowest BCUT2D eigenvalue weighted by Crippen LogP contribution is -2.17. The summed E-state index contributed by atoms with van der Waals surface area (Å²) in [4.78, 5) is 11.4. The average Bonchev–Trinajstić information content (AvgIpc) is 2.38. The Morgan fingerprint density at radius 2 is 1.58 bits per heavy atom. The molecule has 98 valence electrons. The molecule has 0 unspecified atom stereocenters. The van der Waals surface area contributed by atoms with Crippen LogP contribution in [0.4, 0.5) is 8.78 Å². The minimum atomic E-state index is -0.621. The van der Waals surface area contributed by atoms with E-state index in [0.717, 1.165) is 11.6 Å². The zero-order chi connectivity index (χ0) is 14.0. The molecular formula is C15H13F2NO. The third kappa shape index (κ3) is 2.62. The van der Waals surface area contributed by atoms with Crippen molar-refractivity contribution in [3.05, 3.63) is 59.2 Å². The van der Waals surface area contributed by atoms with E-state index in [4.69, 9.17) is 0 Å². The number of benzene rings is 2. The van der Waals surface area contributed by atoms with Crippen LogP contribution in [0.15, 0.2) is 36.4 Å². The number of carbonyl (C=O) groups is 1. The smallest absolute Gasteiger partial charge is 0.251 e. The number of halogens is 2. The maximum atomic E-state index is 14.0. The average molecular weight is 261 g/mol. The maximum Gasteiger partial charge on any atom is 0.251 e. The van der Waals surface area contributed by atoms with Crippen molar-refractivity contribution < 1.29 is 13.6 Å². The van der Waals surface area contributed by atoms with E-state index >= 15 is 0 Å². The molecule has 2 rings (SSSR count). The lowest BCUT2D eigenvalue weighted by Gasteiger charge is -2.07. The van der Waals surface area contributed by atoms with Gasteiger partial charge >= 0.3 is 0 Å². The quantitative estimate of drug-likeness (QED) is 0.883. The van der Waals surface area contributed by atoms with Gasteiger partial charge in [0.25, 0.3) is 5.91 Å². The van der Waals surface area contributed by atoms with Gasteiger partial charge in [-0.25, -0.2) is 8.78 Å². The molecule has 1 amide bonds. The largest absolute Gasteiger partial charge is 0.355 e. The summed E-state index contributed by atoms with van der Waals surface area (Å²) in [6, 6.07) is 8.58. The van der Waals surface area contributed by atoms with Crippen molar-refractivity contribution in [1.82, 2.24) is 5.32 Å². The highest BCUT2D eigenvalue weighted by Crippen LogP contribution is 2.26. The van der Waals surface area contributed by atoms with Crippen LogP contribution in [-0.2, 0) is 0 Å². The van der Waals surface area contributed by atoms with E-state index in [1.54, 1.807) is 13.0 Å². The Balaban J connectivity index is 2.49. The standard InChI is InChI=1S/C15H13F2NO/c1-9-3-5-11(13(16)7-9)12-6-4-10(8-14(12)17)15(19)18-2/h3-8H,1-2H3,(H,18,19). The summed E-state index contributed by atoms with van der Waals surface area (Å²) in [5.74, 6) is -1.48. The van der Waals surface area contributed by atoms with Crippen LogP contribution in [0.1, 0.15) is 15.9 Å². The molecule has 2 aromatic rings. The molecule has 0 aliphatic rings. The Morgan fingerprint density at radius 1 is 1.00 bits per heavy atom. The minimum Gasteiger partial charge on any atom is -0.355 e. The molecule has 19 heavy (non-hydrogen) atoms. The van der Waals surface area contributed by atoms with Gasteiger partial charge in [0.1, 0.15) is 11.6 Å². The van der Waals surface area contributed by atoms with Crippen LogP contribution in [0.5, 0.6) is 0 Å². The molecule has 0 heterocycles. The van der Waals surface area contributed by atoms with E-state index < -0.39 is 11.6 Å². The molecule has 1 N–H and O–H groups in total. The SMILES string of the molecule is CNC(=O)c1ccc(-c2ccc(C)cc2F)c(F)c1.